The van der Waals surface area contributed by atoms with Crippen LogP contribution in [0, 0.1) is 0 Å². The number of fused-ring (bicyclic) bond motifs is 1. The Morgan fingerprint density at radius 3 is 3.00 bits per heavy atom. The van der Waals surface area contributed by atoms with Crippen molar-refractivity contribution in [1.29, 1.82) is 0 Å². The summed E-state index contributed by atoms with van der Waals surface area (Å²) in [5, 5.41) is 7.49. The molecule has 3 rings (SSSR count). The van der Waals surface area contributed by atoms with Crippen LogP contribution in [0.4, 0.5) is 5.95 Å². The van der Waals surface area contributed by atoms with Gasteiger partial charge in [-0.3, -0.25) is 0 Å². The summed E-state index contributed by atoms with van der Waals surface area (Å²) in [4.78, 5) is 7.69. The van der Waals surface area contributed by atoms with Gasteiger partial charge in [-0.25, -0.2) is 4.98 Å². The van der Waals surface area contributed by atoms with Crippen molar-refractivity contribution in [2.45, 2.75) is 6.54 Å². The maximum absolute atomic E-state index is 4.45. The average molecular weight is 229 g/mol. The van der Waals surface area contributed by atoms with Gasteiger partial charge in [-0.15, -0.1) is 0 Å². The molecule has 0 saturated carbocycles. The van der Waals surface area contributed by atoms with Gasteiger partial charge in [-0.2, -0.15) is 11.3 Å². The number of nitrogens with zero attached hydrogens (tertiary/aromatic N) is 1. The number of hydrogen-bond acceptors (Lipinski definition) is 3. The molecule has 0 atom stereocenters. The van der Waals surface area contributed by atoms with Crippen LogP contribution in [0.2, 0.25) is 0 Å². The lowest BCUT2D eigenvalue weighted by molar-refractivity contribution is 1.11. The number of anilines is 1. The van der Waals surface area contributed by atoms with Crippen LogP contribution in [-0.4, -0.2) is 9.97 Å². The molecule has 0 fully saturated rings. The molecular weight excluding hydrogens is 218 g/mol. The SMILES string of the molecule is c1ccc2[nH]c(NCc3ccsc3)nc2c1. The highest BCUT2D eigenvalue weighted by molar-refractivity contribution is 7.07. The molecule has 0 aliphatic carbocycles. The third kappa shape index (κ3) is 1.79. The van der Waals surface area contributed by atoms with Crippen molar-refractivity contribution < 1.29 is 0 Å². The predicted molar refractivity (Wildman–Crippen MR) is 67.7 cm³/mol. The van der Waals surface area contributed by atoms with Crippen LogP contribution in [0.5, 0.6) is 0 Å². The Kier molecular flexibility index (Phi) is 2.34. The summed E-state index contributed by atoms with van der Waals surface area (Å²) in [5.41, 5.74) is 3.34. The van der Waals surface area contributed by atoms with Crippen molar-refractivity contribution in [3.8, 4) is 0 Å². The van der Waals surface area contributed by atoms with Gasteiger partial charge in [0.25, 0.3) is 0 Å². The second kappa shape index (κ2) is 3.98. The molecule has 3 nitrogen and oxygen atoms in total. The molecule has 2 N–H and O–H groups in total. The number of nitrogens with one attached hydrogen (secondary N) is 2. The number of benzene rings is 1. The van der Waals surface area contributed by atoms with Crippen LogP contribution < -0.4 is 5.32 Å². The normalized spacial score (nSPS) is 10.8. The zero-order valence-electron chi connectivity index (χ0n) is 8.60. The van der Waals surface area contributed by atoms with E-state index in [0.29, 0.717) is 0 Å². The van der Waals surface area contributed by atoms with Crippen LogP contribution >= 0.6 is 11.3 Å². The molecule has 0 amide bonds. The second-order valence-corrected chi connectivity index (χ2v) is 4.37. The number of thiophene rings is 1. The average Bonchev–Trinajstić information content (AvgIpc) is 2.95. The summed E-state index contributed by atoms with van der Waals surface area (Å²) < 4.78 is 0. The number of para-hydroxylation sites is 2. The first kappa shape index (κ1) is 9.42. The summed E-state index contributed by atoms with van der Waals surface area (Å²) in [6.07, 6.45) is 0. The molecule has 16 heavy (non-hydrogen) atoms. The molecule has 0 bridgehead atoms. The van der Waals surface area contributed by atoms with Crippen LogP contribution in [-0.2, 0) is 6.54 Å². The minimum Gasteiger partial charge on any atom is -0.352 e. The molecule has 3 aromatic rings. The molecule has 1 aromatic carbocycles. The van der Waals surface area contributed by atoms with E-state index in [1.807, 2.05) is 24.3 Å². The van der Waals surface area contributed by atoms with E-state index in [2.05, 4.69) is 32.1 Å². The fraction of sp³-hybridized carbons (Fsp3) is 0.0833. The molecule has 2 heterocycles. The van der Waals surface area contributed by atoms with Gasteiger partial charge in [0.1, 0.15) is 0 Å². The van der Waals surface area contributed by atoms with Gasteiger partial charge in [0, 0.05) is 6.54 Å². The van der Waals surface area contributed by atoms with Crippen molar-refractivity contribution in [2.75, 3.05) is 5.32 Å². The molecule has 0 aliphatic rings. The van der Waals surface area contributed by atoms with Gasteiger partial charge in [0.2, 0.25) is 5.95 Å². The Bertz CT molecular complexity index is 550. The zero-order valence-corrected chi connectivity index (χ0v) is 9.42. The van der Waals surface area contributed by atoms with Crippen LogP contribution in [0.1, 0.15) is 5.56 Å². The molecule has 0 aliphatic heterocycles. The lowest BCUT2D eigenvalue weighted by Gasteiger charge is -1.98. The first-order valence-corrected chi connectivity index (χ1v) is 6.06. The van der Waals surface area contributed by atoms with E-state index in [0.717, 1.165) is 23.5 Å². The van der Waals surface area contributed by atoms with Gasteiger partial charge in [-0.05, 0) is 34.5 Å². The van der Waals surface area contributed by atoms with E-state index in [-0.39, 0.29) is 0 Å². The quantitative estimate of drug-likeness (QED) is 0.724. The van der Waals surface area contributed by atoms with Crippen LogP contribution in [0.3, 0.4) is 0 Å². The Morgan fingerprint density at radius 1 is 1.25 bits per heavy atom. The zero-order chi connectivity index (χ0) is 10.8. The highest BCUT2D eigenvalue weighted by Gasteiger charge is 2.00. The summed E-state index contributed by atoms with van der Waals surface area (Å²) >= 11 is 1.71. The maximum atomic E-state index is 4.45. The van der Waals surface area contributed by atoms with E-state index in [9.17, 15) is 0 Å². The summed E-state index contributed by atoms with van der Waals surface area (Å²) in [5.74, 6) is 0.826. The number of aromatic nitrogens is 2. The Balaban J connectivity index is 1.79. The Labute approximate surface area is 97.2 Å². The minimum atomic E-state index is 0.809. The van der Waals surface area contributed by atoms with E-state index in [1.165, 1.54) is 5.56 Å². The molecule has 4 heteroatoms. The third-order valence-electron chi connectivity index (χ3n) is 2.43. The van der Waals surface area contributed by atoms with Crippen molar-refractivity contribution in [3.05, 3.63) is 46.7 Å². The fourth-order valence-corrected chi connectivity index (χ4v) is 2.28. The first-order valence-electron chi connectivity index (χ1n) is 5.11. The van der Waals surface area contributed by atoms with Gasteiger partial charge < -0.3 is 10.3 Å². The maximum Gasteiger partial charge on any atom is 0.201 e. The van der Waals surface area contributed by atoms with Crippen molar-refractivity contribution in [1.82, 2.24) is 9.97 Å². The molecular formula is C12H11N3S. The van der Waals surface area contributed by atoms with Crippen LogP contribution in [0.25, 0.3) is 11.0 Å². The van der Waals surface area contributed by atoms with Gasteiger partial charge in [0.15, 0.2) is 0 Å². The predicted octanol–water partition coefficient (Wildman–Crippen LogP) is 3.24. The molecule has 0 saturated heterocycles. The molecule has 0 unspecified atom stereocenters. The number of imidazole rings is 1. The van der Waals surface area contributed by atoms with Gasteiger partial charge >= 0.3 is 0 Å². The first-order chi connectivity index (χ1) is 7.92. The highest BCUT2D eigenvalue weighted by atomic mass is 32.1. The molecule has 0 radical (unpaired) electrons. The largest absolute Gasteiger partial charge is 0.352 e. The Hall–Kier alpha value is -1.81. The summed E-state index contributed by atoms with van der Waals surface area (Å²) in [7, 11) is 0. The summed E-state index contributed by atoms with van der Waals surface area (Å²) in [6, 6.07) is 10.1. The minimum absolute atomic E-state index is 0.809. The third-order valence-corrected chi connectivity index (χ3v) is 3.16. The van der Waals surface area contributed by atoms with E-state index in [4.69, 9.17) is 0 Å². The number of rotatable bonds is 3. The molecule has 2 aromatic heterocycles. The van der Waals surface area contributed by atoms with Crippen LogP contribution in [0.15, 0.2) is 41.1 Å². The standard InChI is InChI=1S/C12H11N3S/c1-2-4-11-10(3-1)14-12(15-11)13-7-9-5-6-16-8-9/h1-6,8H,7H2,(H2,13,14,15). The summed E-state index contributed by atoms with van der Waals surface area (Å²) in [6.45, 7) is 0.809. The van der Waals surface area contributed by atoms with E-state index in [1.54, 1.807) is 11.3 Å². The van der Waals surface area contributed by atoms with Crippen molar-refractivity contribution in [3.63, 3.8) is 0 Å². The number of aromatic amines is 1. The lowest BCUT2D eigenvalue weighted by Crippen LogP contribution is -1.99. The monoisotopic (exact) mass is 229 g/mol. The smallest absolute Gasteiger partial charge is 0.201 e. The van der Waals surface area contributed by atoms with Crippen molar-refractivity contribution >= 4 is 28.3 Å². The Morgan fingerprint density at radius 2 is 2.19 bits per heavy atom. The second-order valence-electron chi connectivity index (χ2n) is 3.59. The molecule has 0 spiro atoms. The van der Waals surface area contributed by atoms with Gasteiger partial charge in [-0.1, -0.05) is 12.1 Å². The van der Waals surface area contributed by atoms with E-state index < -0.39 is 0 Å². The fourth-order valence-electron chi connectivity index (χ4n) is 1.62. The highest BCUT2D eigenvalue weighted by Crippen LogP contribution is 2.14. The van der Waals surface area contributed by atoms with E-state index >= 15 is 0 Å². The van der Waals surface area contributed by atoms with Gasteiger partial charge in [0.05, 0.1) is 11.0 Å². The number of hydrogen-bond donors (Lipinski definition) is 2. The topological polar surface area (TPSA) is 40.7 Å². The molecule has 80 valence electrons. The lowest BCUT2D eigenvalue weighted by atomic mass is 10.3. The van der Waals surface area contributed by atoms with Crippen molar-refractivity contribution in [2.24, 2.45) is 0 Å². The number of H-pyrrole nitrogens is 1.